The first-order valence-electron chi connectivity index (χ1n) is 5.17. The molecule has 2 aromatic carbocycles. The van der Waals surface area contributed by atoms with Gasteiger partial charge < -0.3 is 10.5 Å². The van der Waals surface area contributed by atoms with Crippen LogP contribution in [0.4, 0.5) is 10.1 Å². The maximum absolute atomic E-state index is 13.2. The standard InChI is InChI=1S/C13H10Br2FNO/c14-9-1-8(2-11(16)3-9)7-18-13-5-10(15)4-12(17)6-13/h1-6H,7,17H2. The number of nitrogens with two attached hydrogens (primary N) is 1. The Bertz CT molecular complexity index is 483. The molecular weight excluding hydrogens is 365 g/mol. The molecule has 0 atom stereocenters. The highest BCUT2D eigenvalue weighted by molar-refractivity contribution is 9.10. The molecule has 0 saturated carbocycles. The number of rotatable bonds is 3. The van der Waals surface area contributed by atoms with Crippen LogP contribution in [0.1, 0.15) is 5.56 Å². The van der Waals surface area contributed by atoms with Crippen molar-refractivity contribution in [2.75, 3.05) is 5.73 Å². The first kappa shape index (κ1) is 13.4. The Morgan fingerprint density at radius 1 is 1.00 bits per heavy atom. The zero-order valence-electron chi connectivity index (χ0n) is 9.29. The average molecular weight is 375 g/mol. The van der Waals surface area contributed by atoms with Crippen molar-refractivity contribution in [2.24, 2.45) is 0 Å². The molecule has 2 aromatic rings. The third-order valence-corrected chi connectivity index (χ3v) is 3.14. The van der Waals surface area contributed by atoms with Crippen molar-refractivity contribution < 1.29 is 9.13 Å². The van der Waals surface area contributed by atoms with E-state index in [0.717, 1.165) is 10.0 Å². The lowest BCUT2D eigenvalue weighted by molar-refractivity contribution is 0.305. The van der Waals surface area contributed by atoms with Gasteiger partial charge in [0, 0.05) is 20.7 Å². The van der Waals surface area contributed by atoms with Gasteiger partial charge in [0.2, 0.25) is 0 Å². The highest BCUT2D eigenvalue weighted by atomic mass is 79.9. The van der Waals surface area contributed by atoms with E-state index >= 15 is 0 Å². The maximum Gasteiger partial charge on any atom is 0.124 e. The molecule has 0 aromatic heterocycles. The topological polar surface area (TPSA) is 35.2 Å². The van der Waals surface area contributed by atoms with Crippen LogP contribution >= 0.6 is 31.9 Å². The van der Waals surface area contributed by atoms with Crippen LogP contribution in [-0.4, -0.2) is 0 Å². The molecule has 0 spiro atoms. The van der Waals surface area contributed by atoms with Crippen molar-refractivity contribution in [3.8, 4) is 5.75 Å². The first-order valence-corrected chi connectivity index (χ1v) is 6.75. The van der Waals surface area contributed by atoms with Crippen LogP contribution in [0.3, 0.4) is 0 Å². The summed E-state index contributed by atoms with van der Waals surface area (Å²) in [6, 6.07) is 9.96. The van der Waals surface area contributed by atoms with Crippen LogP contribution in [-0.2, 0) is 6.61 Å². The molecule has 5 heteroatoms. The van der Waals surface area contributed by atoms with Crippen molar-refractivity contribution in [3.63, 3.8) is 0 Å². The number of hydrogen-bond acceptors (Lipinski definition) is 2. The van der Waals surface area contributed by atoms with Gasteiger partial charge in [-0.2, -0.15) is 0 Å². The molecule has 0 amide bonds. The minimum absolute atomic E-state index is 0.284. The van der Waals surface area contributed by atoms with Gasteiger partial charge in [0.05, 0.1) is 0 Å². The van der Waals surface area contributed by atoms with E-state index in [2.05, 4.69) is 31.9 Å². The number of anilines is 1. The van der Waals surface area contributed by atoms with Crippen LogP contribution in [0.5, 0.6) is 5.75 Å². The van der Waals surface area contributed by atoms with E-state index in [9.17, 15) is 4.39 Å². The van der Waals surface area contributed by atoms with Crippen molar-refractivity contribution in [2.45, 2.75) is 6.61 Å². The van der Waals surface area contributed by atoms with E-state index in [-0.39, 0.29) is 12.4 Å². The average Bonchev–Trinajstić information content (AvgIpc) is 2.23. The Morgan fingerprint density at radius 3 is 2.39 bits per heavy atom. The number of ether oxygens (including phenoxy) is 1. The fourth-order valence-corrected chi connectivity index (χ4v) is 2.53. The lowest BCUT2D eigenvalue weighted by Gasteiger charge is -2.08. The van der Waals surface area contributed by atoms with E-state index in [1.165, 1.54) is 12.1 Å². The Morgan fingerprint density at radius 2 is 1.72 bits per heavy atom. The van der Waals surface area contributed by atoms with E-state index in [0.29, 0.717) is 15.9 Å². The van der Waals surface area contributed by atoms with Crippen molar-refractivity contribution in [1.82, 2.24) is 0 Å². The molecule has 2 rings (SSSR count). The van der Waals surface area contributed by atoms with Crippen LogP contribution in [0.2, 0.25) is 0 Å². The predicted molar refractivity (Wildman–Crippen MR) is 77.0 cm³/mol. The summed E-state index contributed by atoms with van der Waals surface area (Å²) in [5.74, 6) is 0.346. The van der Waals surface area contributed by atoms with Crippen molar-refractivity contribution in [1.29, 1.82) is 0 Å². The normalized spacial score (nSPS) is 10.4. The third-order valence-electron chi connectivity index (χ3n) is 2.22. The second-order valence-corrected chi connectivity index (χ2v) is 5.62. The summed E-state index contributed by atoms with van der Waals surface area (Å²) >= 11 is 6.57. The number of nitrogen functional groups attached to an aromatic ring is 1. The molecule has 0 saturated heterocycles. The van der Waals surface area contributed by atoms with Gasteiger partial charge in [-0.3, -0.25) is 0 Å². The summed E-state index contributed by atoms with van der Waals surface area (Å²) < 4.78 is 20.3. The summed E-state index contributed by atoms with van der Waals surface area (Å²) in [6.45, 7) is 0.284. The molecule has 94 valence electrons. The minimum atomic E-state index is -0.295. The summed E-state index contributed by atoms with van der Waals surface area (Å²) in [5, 5.41) is 0. The van der Waals surface area contributed by atoms with Gasteiger partial charge >= 0.3 is 0 Å². The monoisotopic (exact) mass is 373 g/mol. The lowest BCUT2D eigenvalue weighted by atomic mass is 10.2. The number of halogens is 3. The van der Waals surface area contributed by atoms with Gasteiger partial charge in [0.25, 0.3) is 0 Å². The van der Waals surface area contributed by atoms with Gasteiger partial charge in [0.15, 0.2) is 0 Å². The smallest absolute Gasteiger partial charge is 0.124 e. The molecule has 2 nitrogen and oxygen atoms in total. The second-order valence-electron chi connectivity index (χ2n) is 3.79. The minimum Gasteiger partial charge on any atom is -0.489 e. The predicted octanol–water partition coefficient (Wildman–Crippen LogP) is 4.51. The largest absolute Gasteiger partial charge is 0.489 e. The van der Waals surface area contributed by atoms with Crippen LogP contribution in [0, 0.1) is 5.82 Å². The van der Waals surface area contributed by atoms with E-state index in [1.54, 1.807) is 12.1 Å². The van der Waals surface area contributed by atoms with E-state index in [4.69, 9.17) is 10.5 Å². The van der Waals surface area contributed by atoms with Crippen molar-refractivity contribution >= 4 is 37.5 Å². The fourth-order valence-electron chi connectivity index (χ4n) is 1.53. The highest BCUT2D eigenvalue weighted by Gasteiger charge is 2.02. The Balaban J connectivity index is 2.11. The molecule has 0 aliphatic rings. The molecule has 0 fully saturated rings. The van der Waals surface area contributed by atoms with Gasteiger partial charge in [-0.25, -0.2) is 4.39 Å². The fraction of sp³-hybridized carbons (Fsp3) is 0.0769. The molecule has 0 unspecified atom stereocenters. The Labute approximate surface area is 121 Å². The molecule has 0 aliphatic carbocycles. The summed E-state index contributed by atoms with van der Waals surface area (Å²) in [6.07, 6.45) is 0. The molecule has 0 radical (unpaired) electrons. The second kappa shape index (κ2) is 5.71. The number of hydrogen-bond donors (Lipinski definition) is 1. The van der Waals surface area contributed by atoms with Crippen molar-refractivity contribution in [3.05, 3.63) is 56.7 Å². The zero-order chi connectivity index (χ0) is 13.1. The SMILES string of the molecule is Nc1cc(Br)cc(OCc2cc(F)cc(Br)c2)c1. The van der Waals surface area contributed by atoms with Gasteiger partial charge in [0.1, 0.15) is 18.2 Å². The van der Waals surface area contributed by atoms with Crippen LogP contribution in [0.15, 0.2) is 45.3 Å². The summed E-state index contributed by atoms with van der Waals surface area (Å²) in [5.41, 5.74) is 7.06. The molecule has 2 N–H and O–H groups in total. The highest BCUT2D eigenvalue weighted by Crippen LogP contribution is 2.24. The third kappa shape index (κ3) is 3.71. The number of benzene rings is 2. The van der Waals surface area contributed by atoms with Gasteiger partial charge in [-0.05, 0) is 35.9 Å². The summed E-state index contributed by atoms with van der Waals surface area (Å²) in [7, 11) is 0. The van der Waals surface area contributed by atoms with Gasteiger partial charge in [-0.1, -0.05) is 31.9 Å². The quantitative estimate of drug-likeness (QED) is 0.802. The molecule has 0 aliphatic heterocycles. The van der Waals surface area contributed by atoms with E-state index < -0.39 is 0 Å². The maximum atomic E-state index is 13.2. The molecular formula is C13H10Br2FNO. The molecule has 18 heavy (non-hydrogen) atoms. The van der Waals surface area contributed by atoms with Crippen LogP contribution in [0.25, 0.3) is 0 Å². The van der Waals surface area contributed by atoms with Gasteiger partial charge in [-0.15, -0.1) is 0 Å². The molecule has 0 bridgehead atoms. The van der Waals surface area contributed by atoms with E-state index in [1.807, 2.05) is 12.1 Å². The zero-order valence-corrected chi connectivity index (χ0v) is 12.5. The lowest BCUT2D eigenvalue weighted by Crippen LogP contribution is -1.97. The molecule has 0 heterocycles. The first-order chi connectivity index (χ1) is 8.52. The van der Waals surface area contributed by atoms with Crippen LogP contribution < -0.4 is 10.5 Å². The Hall–Kier alpha value is -1.07. The summed E-state index contributed by atoms with van der Waals surface area (Å²) in [4.78, 5) is 0. The Kier molecular flexibility index (Phi) is 4.24.